The summed E-state index contributed by atoms with van der Waals surface area (Å²) in [6, 6.07) is 11.3. The van der Waals surface area contributed by atoms with Gasteiger partial charge in [-0.25, -0.2) is 8.42 Å². The molecule has 0 saturated heterocycles. The molecular formula is C18H20BrClN2O4S. The highest BCUT2D eigenvalue weighted by Gasteiger charge is 2.22. The van der Waals surface area contributed by atoms with Crippen LogP contribution < -0.4 is 10.1 Å². The standard InChI is InChI=1S/C18H20BrClN2O4S/c1-3-22(4-2)27(24,25)15-9-10-16(20)17(11-15)21-18(23)12-26-14-7-5-13(19)6-8-14/h5-11H,3-4,12H2,1-2H3,(H,21,23). The fourth-order valence-electron chi connectivity index (χ4n) is 2.34. The summed E-state index contributed by atoms with van der Waals surface area (Å²) in [5.41, 5.74) is 0.217. The van der Waals surface area contributed by atoms with Crippen molar-refractivity contribution in [3.63, 3.8) is 0 Å². The second kappa shape index (κ2) is 9.54. The molecule has 6 nitrogen and oxygen atoms in total. The highest BCUT2D eigenvalue weighted by atomic mass is 79.9. The number of carbonyl (C=O) groups is 1. The zero-order valence-electron chi connectivity index (χ0n) is 14.9. The quantitative estimate of drug-likeness (QED) is 0.622. The molecule has 0 unspecified atom stereocenters. The molecule has 9 heteroatoms. The largest absolute Gasteiger partial charge is 0.484 e. The van der Waals surface area contributed by atoms with Crippen LogP contribution in [-0.4, -0.2) is 38.3 Å². The number of hydrogen-bond donors (Lipinski definition) is 1. The number of rotatable bonds is 8. The van der Waals surface area contributed by atoms with Gasteiger partial charge in [-0.05, 0) is 42.5 Å². The fourth-order valence-corrected chi connectivity index (χ4v) is 4.25. The number of nitrogens with one attached hydrogen (secondary N) is 1. The monoisotopic (exact) mass is 474 g/mol. The Morgan fingerprint density at radius 3 is 2.37 bits per heavy atom. The number of ether oxygens (including phenoxy) is 1. The molecule has 0 aliphatic heterocycles. The predicted molar refractivity (Wildman–Crippen MR) is 110 cm³/mol. The third-order valence-corrected chi connectivity index (χ3v) is 6.64. The molecule has 0 aliphatic rings. The molecule has 1 amide bonds. The maximum absolute atomic E-state index is 12.6. The number of amides is 1. The Morgan fingerprint density at radius 1 is 1.15 bits per heavy atom. The summed E-state index contributed by atoms with van der Waals surface area (Å²) >= 11 is 9.42. The molecule has 0 radical (unpaired) electrons. The average molecular weight is 476 g/mol. The second-order valence-electron chi connectivity index (χ2n) is 5.52. The van der Waals surface area contributed by atoms with Gasteiger partial charge in [0.05, 0.1) is 15.6 Å². The number of sulfonamides is 1. The number of carbonyl (C=O) groups excluding carboxylic acids is 1. The van der Waals surface area contributed by atoms with E-state index in [-0.39, 0.29) is 22.2 Å². The van der Waals surface area contributed by atoms with Gasteiger partial charge >= 0.3 is 0 Å². The maximum Gasteiger partial charge on any atom is 0.262 e. The number of benzene rings is 2. The summed E-state index contributed by atoms with van der Waals surface area (Å²) in [5.74, 6) is 0.0921. The second-order valence-corrected chi connectivity index (χ2v) is 8.78. The van der Waals surface area contributed by atoms with Crippen molar-refractivity contribution >= 4 is 49.1 Å². The maximum atomic E-state index is 12.6. The molecule has 0 aromatic heterocycles. The lowest BCUT2D eigenvalue weighted by molar-refractivity contribution is -0.118. The van der Waals surface area contributed by atoms with E-state index in [0.29, 0.717) is 18.8 Å². The molecule has 0 fully saturated rings. The molecule has 2 rings (SSSR count). The Hall–Kier alpha value is -1.61. The minimum Gasteiger partial charge on any atom is -0.484 e. The Morgan fingerprint density at radius 2 is 1.78 bits per heavy atom. The van der Waals surface area contributed by atoms with Crippen LogP contribution in [0.15, 0.2) is 51.8 Å². The SMILES string of the molecule is CCN(CC)S(=O)(=O)c1ccc(Cl)c(NC(=O)COc2ccc(Br)cc2)c1. The van der Waals surface area contributed by atoms with E-state index in [0.717, 1.165) is 4.47 Å². The van der Waals surface area contributed by atoms with Gasteiger partial charge in [0.25, 0.3) is 5.91 Å². The van der Waals surface area contributed by atoms with Crippen molar-refractivity contribution < 1.29 is 17.9 Å². The highest BCUT2D eigenvalue weighted by molar-refractivity contribution is 9.10. The third-order valence-electron chi connectivity index (χ3n) is 3.74. The van der Waals surface area contributed by atoms with Gasteiger partial charge in [0.2, 0.25) is 10.0 Å². The van der Waals surface area contributed by atoms with Crippen LogP contribution in [0.5, 0.6) is 5.75 Å². The molecule has 0 spiro atoms. The van der Waals surface area contributed by atoms with E-state index in [2.05, 4.69) is 21.2 Å². The summed E-state index contributed by atoms with van der Waals surface area (Å²) in [6.07, 6.45) is 0. The van der Waals surface area contributed by atoms with Crippen LogP contribution in [0.25, 0.3) is 0 Å². The Balaban J connectivity index is 2.11. The molecular weight excluding hydrogens is 456 g/mol. The summed E-state index contributed by atoms with van der Waals surface area (Å²) in [5, 5.41) is 2.83. The summed E-state index contributed by atoms with van der Waals surface area (Å²) in [6.45, 7) is 4.00. The molecule has 0 aliphatic carbocycles. The van der Waals surface area contributed by atoms with Gasteiger partial charge in [-0.2, -0.15) is 4.31 Å². The average Bonchev–Trinajstić information content (AvgIpc) is 2.63. The Kier molecular flexibility index (Phi) is 7.67. The van der Waals surface area contributed by atoms with Gasteiger partial charge in [0, 0.05) is 17.6 Å². The van der Waals surface area contributed by atoms with Crippen LogP contribution in [0.4, 0.5) is 5.69 Å². The summed E-state index contributed by atoms with van der Waals surface area (Å²) in [4.78, 5) is 12.2. The number of nitrogens with zero attached hydrogens (tertiary/aromatic N) is 1. The summed E-state index contributed by atoms with van der Waals surface area (Å²) < 4.78 is 32.9. The van der Waals surface area contributed by atoms with E-state index in [1.165, 1.54) is 22.5 Å². The molecule has 2 aromatic rings. The van der Waals surface area contributed by atoms with E-state index in [1.807, 2.05) is 0 Å². The van der Waals surface area contributed by atoms with Gasteiger partial charge in [0.15, 0.2) is 6.61 Å². The topological polar surface area (TPSA) is 75.7 Å². The van der Waals surface area contributed by atoms with Crippen molar-refractivity contribution in [2.75, 3.05) is 25.0 Å². The van der Waals surface area contributed by atoms with Gasteiger partial charge in [-0.1, -0.05) is 41.4 Å². The van der Waals surface area contributed by atoms with Gasteiger partial charge in [0.1, 0.15) is 5.75 Å². The van der Waals surface area contributed by atoms with E-state index in [4.69, 9.17) is 16.3 Å². The molecule has 0 bridgehead atoms. The van der Waals surface area contributed by atoms with Crippen molar-refractivity contribution in [2.45, 2.75) is 18.7 Å². The van der Waals surface area contributed by atoms with Crippen molar-refractivity contribution in [1.82, 2.24) is 4.31 Å². The lowest BCUT2D eigenvalue weighted by Gasteiger charge is -2.19. The minimum atomic E-state index is -3.65. The number of halogens is 2. The van der Waals surface area contributed by atoms with Crippen molar-refractivity contribution in [2.24, 2.45) is 0 Å². The number of hydrogen-bond acceptors (Lipinski definition) is 4. The molecule has 1 N–H and O–H groups in total. The normalized spacial score (nSPS) is 11.4. The van der Waals surface area contributed by atoms with E-state index < -0.39 is 15.9 Å². The molecule has 0 saturated carbocycles. The van der Waals surface area contributed by atoms with E-state index in [1.54, 1.807) is 38.1 Å². The smallest absolute Gasteiger partial charge is 0.262 e. The molecule has 0 atom stereocenters. The lowest BCUT2D eigenvalue weighted by atomic mass is 10.3. The first-order valence-electron chi connectivity index (χ1n) is 8.25. The number of anilines is 1. The van der Waals surface area contributed by atoms with Crippen LogP contribution in [0.2, 0.25) is 5.02 Å². The van der Waals surface area contributed by atoms with Crippen molar-refractivity contribution in [3.8, 4) is 5.75 Å². The lowest BCUT2D eigenvalue weighted by Crippen LogP contribution is -2.30. The van der Waals surface area contributed by atoms with Gasteiger partial charge < -0.3 is 10.1 Å². The van der Waals surface area contributed by atoms with E-state index in [9.17, 15) is 13.2 Å². The minimum absolute atomic E-state index is 0.0692. The Bertz CT molecular complexity index is 900. The van der Waals surface area contributed by atoms with Crippen LogP contribution in [-0.2, 0) is 14.8 Å². The first-order valence-corrected chi connectivity index (χ1v) is 10.9. The van der Waals surface area contributed by atoms with Crippen LogP contribution in [0.1, 0.15) is 13.8 Å². The van der Waals surface area contributed by atoms with Crippen molar-refractivity contribution in [1.29, 1.82) is 0 Å². The van der Waals surface area contributed by atoms with Crippen LogP contribution in [0, 0.1) is 0 Å². The highest BCUT2D eigenvalue weighted by Crippen LogP contribution is 2.27. The summed E-state index contributed by atoms with van der Waals surface area (Å²) in [7, 11) is -3.65. The van der Waals surface area contributed by atoms with Crippen LogP contribution in [0.3, 0.4) is 0 Å². The molecule has 27 heavy (non-hydrogen) atoms. The van der Waals surface area contributed by atoms with Gasteiger partial charge in [-0.3, -0.25) is 4.79 Å². The zero-order chi connectivity index (χ0) is 20.0. The molecule has 146 valence electrons. The fraction of sp³-hybridized carbons (Fsp3) is 0.278. The third kappa shape index (κ3) is 5.68. The van der Waals surface area contributed by atoms with Crippen LogP contribution >= 0.6 is 27.5 Å². The first kappa shape index (κ1) is 21.7. The zero-order valence-corrected chi connectivity index (χ0v) is 18.1. The first-order chi connectivity index (χ1) is 12.8. The molecule has 2 aromatic carbocycles. The predicted octanol–water partition coefficient (Wildman–Crippen LogP) is 4.15. The van der Waals surface area contributed by atoms with Crippen molar-refractivity contribution in [3.05, 3.63) is 52.0 Å². The van der Waals surface area contributed by atoms with E-state index >= 15 is 0 Å². The Labute approximate surface area is 172 Å². The molecule has 0 heterocycles. The van der Waals surface area contributed by atoms with Gasteiger partial charge in [-0.15, -0.1) is 0 Å².